The van der Waals surface area contributed by atoms with E-state index in [1.54, 1.807) is 10.9 Å². The minimum absolute atomic E-state index is 0.176. The summed E-state index contributed by atoms with van der Waals surface area (Å²) in [6.45, 7) is 1.85. The Morgan fingerprint density at radius 1 is 1.44 bits per heavy atom. The van der Waals surface area contributed by atoms with Crippen molar-refractivity contribution in [3.8, 4) is 0 Å². The van der Waals surface area contributed by atoms with E-state index in [2.05, 4.69) is 20.1 Å². The van der Waals surface area contributed by atoms with Crippen LogP contribution in [0.15, 0.2) is 18.6 Å². The summed E-state index contributed by atoms with van der Waals surface area (Å²) in [5.74, 6) is 1.58. The number of rotatable bonds is 3. The van der Waals surface area contributed by atoms with Crippen LogP contribution >= 0.6 is 0 Å². The molecule has 0 aliphatic carbocycles. The third-order valence-electron chi connectivity index (χ3n) is 2.39. The molecule has 0 aliphatic rings. The number of hydrogen-bond acceptors (Lipinski definition) is 5. The van der Waals surface area contributed by atoms with Crippen LogP contribution in [0.2, 0.25) is 0 Å². The molecule has 0 aromatic carbocycles. The molecule has 2 N–H and O–H groups in total. The first-order valence-electron chi connectivity index (χ1n) is 5.05. The van der Waals surface area contributed by atoms with E-state index in [9.17, 15) is 0 Å². The number of aryl methyl sites for hydroxylation is 2. The first-order valence-corrected chi connectivity index (χ1v) is 5.05. The van der Waals surface area contributed by atoms with Gasteiger partial charge in [0.2, 0.25) is 0 Å². The van der Waals surface area contributed by atoms with Crippen LogP contribution in [0.3, 0.4) is 0 Å². The van der Waals surface area contributed by atoms with Crippen LogP contribution in [0.5, 0.6) is 0 Å². The molecule has 0 amide bonds. The molecule has 1 unspecified atom stereocenters. The summed E-state index contributed by atoms with van der Waals surface area (Å²) in [6.07, 6.45) is 3.86. The smallest absolute Gasteiger partial charge is 0.138 e. The summed E-state index contributed by atoms with van der Waals surface area (Å²) in [6, 6.07) is 1.65. The van der Waals surface area contributed by atoms with E-state index >= 15 is 0 Å². The second-order valence-corrected chi connectivity index (χ2v) is 3.64. The lowest BCUT2D eigenvalue weighted by Gasteiger charge is -2.10. The SMILES string of the molecule is Cc1nccc(C(N)Cc2ncnn2C)n1. The summed E-state index contributed by atoms with van der Waals surface area (Å²) >= 11 is 0. The van der Waals surface area contributed by atoms with Gasteiger partial charge in [0.25, 0.3) is 0 Å². The van der Waals surface area contributed by atoms with Crippen molar-refractivity contribution in [2.45, 2.75) is 19.4 Å². The van der Waals surface area contributed by atoms with Crippen LogP contribution in [0.1, 0.15) is 23.4 Å². The second kappa shape index (κ2) is 4.36. The highest BCUT2D eigenvalue weighted by Gasteiger charge is 2.12. The van der Waals surface area contributed by atoms with Gasteiger partial charge in [0, 0.05) is 19.7 Å². The molecule has 0 bridgehead atoms. The average molecular weight is 218 g/mol. The topological polar surface area (TPSA) is 82.5 Å². The van der Waals surface area contributed by atoms with Gasteiger partial charge >= 0.3 is 0 Å². The fourth-order valence-electron chi connectivity index (χ4n) is 1.49. The third-order valence-corrected chi connectivity index (χ3v) is 2.39. The van der Waals surface area contributed by atoms with E-state index < -0.39 is 0 Å². The molecule has 2 heterocycles. The summed E-state index contributed by atoms with van der Waals surface area (Å²) in [7, 11) is 1.85. The Balaban J connectivity index is 2.14. The Morgan fingerprint density at radius 3 is 2.88 bits per heavy atom. The van der Waals surface area contributed by atoms with Gasteiger partial charge in [-0.1, -0.05) is 0 Å². The molecular formula is C10H14N6. The molecule has 0 saturated heterocycles. The monoisotopic (exact) mass is 218 g/mol. The molecule has 6 heteroatoms. The molecule has 0 saturated carbocycles. The molecule has 0 spiro atoms. The van der Waals surface area contributed by atoms with E-state index in [1.807, 2.05) is 20.0 Å². The Bertz CT molecular complexity index is 478. The largest absolute Gasteiger partial charge is 0.322 e. The minimum atomic E-state index is -0.176. The van der Waals surface area contributed by atoms with Gasteiger partial charge in [-0.2, -0.15) is 5.10 Å². The molecular weight excluding hydrogens is 204 g/mol. The lowest BCUT2D eigenvalue weighted by molar-refractivity contribution is 0.615. The standard InChI is InChI=1S/C10H14N6/c1-7-12-4-3-9(15-7)8(11)5-10-13-6-14-16(10)2/h3-4,6,8H,5,11H2,1-2H3. The number of aromatic nitrogens is 5. The van der Waals surface area contributed by atoms with Crippen molar-refractivity contribution in [1.82, 2.24) is 24.7 Å². The molecule has 16 heavy (non-hydrogen) atoms. The Labute approximate surface area is 93.6 Å². The Hall–Kier alpha value is -1.82. The molecule has 84 valence electrons. The zero-order valence-corrected chi connectivity index (χ0v) is 9.33. The van der Waals surface area contributed by atoms with E-state index in [1.165, 1.54) is 6.33 Å². The maximum Gasteiger partial charge on any atom is 0.138 e. The predicted molar refractivity (Wildman–Crippen MR) is 58.4 cm³/mol. The van der Waals surface area contributed by atoms with Gasteiger partial charge in [-0.25, -0.2) is 15.0 Å². The summed E-state index contributed by atoms with van der Waals surface area (Å²) in [5.41, 5.74) is 6.88. The average Bonchev–Trinajstić information content (AvgIpc) is 2.64. The van der Waals surface area contributed by atoms with Crippen molar-refractivity contribution in [2.75, 3.05) is 0 Å². The van der Waals surface area contributed by atoms with Crippen molar-refractivity contribution in [1.29, 1.82) is 0 Å². The molecule has 2 aromatic rings. The van der Waals surface area contributed by atoms with Crippen molar-refractivity contribution < 1.29 is 0 Å². The van der Waals surface area contributed by atoms with Crippen molar-refractivity contribution >= 4 is 0 Å². The number of nitrogens with two attached hydrogens (primary N) is 1. The molecule has 2 aromatic heterocycles. The third kappa shape index (κ3) is 2.22. The minimum Gasteiger partial charge on any atom is -0.322 e. The van der Waals surface area contributed by atoms with Crippen LogP contribution < -0.4 is 5.73 Å². The second-order valence-electron chi connectivity index (χ2n) is 3.64. The van der Waals surface area contributed by atoms with Crippen molar-refractivity contribution in [2.24, 2.45) is 12.8 Å². The highest BCUT2D eigenvalue weighted by atomic mass is 15.3. The molecule has 0 radical (unpaired) electrons. The number of nitrogens with zero attached hydrogens (tertiary/aromatic N) is 5. The maximum atomic E-state index is 6.05. The summed E-state index contributed by atoms with van der Waals surface area (Å²) in [4.78, 5) is 12.5. The summed E-state index contributed by atoms with van der Waals surface area (Å²) < 4.78 is 1.72. The van der Waals surface area contributed by atoms with Crippen LogP contribution in [0, 0.1) is 6.92 Å². The lowest BCUT2D eigenvalue weighted by atomic mass is 10.1. The van der Waals surface area contributed by atoms with E-state index in [0.717, 1.165) is 17.3 Å². The van der Waals surface area contributed by atoms with E-state index in [0.29, 0.717) is 6.42 Å². The van der Waals surface area contributed by atoms with Crippen LogP contribution in [-0.4, -0.2) is 24.7 Å². The van der Waals surface area contributed by atoms with Gasteiger partial charge in [0.15, 0.2) is 0 Å². The first kappa shape index (κ1) is 10.7. The van der Waals surface area contributed by atoms with Gasteiger partial charge in [0.05, 0.1) is 11.7 Å². The summed E-state index contributed by atoms with van der Waals surface area (Å²) in [5, 5.41) is 4.00. The molecule has 2 rings (SSSR count). The van der Waals surface area contributed by atoms with Crippen molar-refractivity contribution in [3.63, 3.8) is 0 Å². The normalized spacial score (nSPS) is 12.7. The molecule has 1 atom stereocenters. The van der Waals surface area contributed by atoms with Crippen LogP contribution in [-0.2, 0) is 13.5 Å². The quantitative estimate of drug-likeness (QED) is 0.793. The van der Waals surface area contributed by atoms with Crippen LogP contribution in [0.25, 0.3) is 0 Å². The Kier molecular flexibility index (Phi) is 2.91. The Morgan fingerprint density at radius 2 is 2.25 bits per heavy atom. The van der Waals surface area contributed by atoms with Gasteiger partial charge in [-0.15, -0.1) is 0 Å². The molecule has 0 aliphatic heterocycles. The van der Waals surface area contributed by atoms with Gasteiger partial charge in [-0.05, 0) is 13.0 Å². The fourth-order valence-corrected chi connectivity index (χ4v) is 1.49. The van der Waals surface area contributed by atoms with Gasteiger partial charge < -0.3 is 5.73 Å². The number of hydrogen-bond donors (Lipinski definition) is 1. The molecule has 6 nitrogen and oxygen atoms in total. The van der Waals surface area contributed by atoms with Crippen molar-refractivity contribution in [3.05, 3.63) is 35.9 Å². The van der Waals surface area contributed by atoms with E-state index in [-0.39, 0.29) is 6.04 Å². The zero-order chi connectivity index (χ0) is 11.5. The lowest BCUT2D eigenvalue weighted by Crippen LogP contribution is -2.18. The first-order chi connectivity index (χ1) is 7.66. The van der Waals surface area contributed by atoms with Crippen LogP contribution in [0.4, 0.5) is 0 Å². The van der Waals surface area contributed by atoms with Gasteiger partial charge in [0.1, 0.15) is 18.0 Å². The predicted octanol–water partition coefficient (Wildman–Crippen LogP) is 0.156. The molecule has 0 fully saturated rings. The van der Waals surface area contributed by atoms with E-state index in [4.69, 9.17) is 5.73 Å². The maximum absolute atomic E-state index is 6.05. The zero-order valence-electron chi connectivity index (χ0n) is 9.33. The fraction of sp³-hybridized carbons (Fsp3) is 0.400. The highest BCUT2D eigenvalue weighted by Crippen LogP contribution is 2.11. The van der Waals surface area contributed by atoms with Gasteiger partial charge in [-0.3, -0.25) is 4.68 Å². The highest BCUT2D eigenvalue weighted by molar-refractivity contribution is 5.08.